The number of aryl methyl sites for hydroxylation is 1. The van der Waals surface area contributed by atoms with E-state index in [9.17, 15) is 18.0 Å². The van der Waals surface area contributed by atoms with Crippen molar-refractivity contribution in [3.05, 3.63) is 47.9 Å². The van der Waals surface area contributed by atoms with E-state index in [1.54, 1.807) is 6.07 Å². The lowest BCUT2D eigenvalue weighted by Gasteiger charge is -2.36. The summed E-state index contributed by atoms with van der Waals surface area (Å²) in [6.45, 7) is 7.98. The summed E-state index contributed by atoms with van der Waals surface area (Å²) in [7, 11) is 0. The van der Waals surface area contributed by atoms with E-state index < -0.39 is 11.9 Å². The molecule has 0 atom stereocenters. The maximum Gasteiger partial charge on any atom is 0.433 e. The first kappa shape index (κ1) is 25.2. The molecular weight excluding hydrogens is 457 g/mol. The number of rotatable bonds is 7. The third-order valence-corrected chi connectivity index (χ3v) is 6.73. The minimum atomic E-state index is -4.46. The number of nitrogens with one attached hydrogen (secondary N) is 1. The van der Waals surface area contributed by atoms with Gasteiger partial charge in [-0.1, -0.05) is 6.07 Å². The summed E-state index contributed by atoms with van der Waals surface area (Å²) in [5.41, 5.74) is 0.671. The summed E-state index contributed by atoms with van der Waals surface area (Å²) in [5, 5.41) is 3.16. The van der Waals surface area contributed by atoms with Gasteiger partial charge in [0.15, 0.2) is 0 Å². The van der Waals surface area contributed by atoms with Crippen LogP contribution in [0.25, 0.3) is 0 Å². The van der Waals surface area contributed by atoms with Crippen LogP contribution in [0.3, 0.4) is 0 Å². The van der Waals surface area contributed by atoms with Gasteiger partial charge in [-0.2, -0.15) is 13.2 Å². The Morgan fingerprint density at radius 3 is 2.46 bits per heavy atom. The van der Waals surface area contributed by atoms with E-state index in [-0.39, 0.29) is 11.9 Å². The standard InChI is InChI=1S/C25H33F3N6O/c1-19-4-5-23(30-18-19)33-15-13-32(14-16-33)10-2-3-24(35)34-11-7-20(8-12-34)31-21-6-9-29-22(17-21)25(26,27)28/h4-6,9,17-18,20H,2-3,7-8,10-16H2,1H3,(H,29,31). The number of likely N-dealkylation sites (tertiary alicyclic amines) is 1. The molecule has 4 heterocycles. The second-order valence-electron chi connectivity index (χ2n) is 9.35. The van der Waals surface area contributed by atoms with Crippen LogP contribution < -0.4 is 10.2 Å². The number of piperazine rings is 1. The van der Waals surface area contributed by atoms with Crippen LogP contribution in [0.1, 0.15) is 36.9 Å². The van der Waals surface area contributed by atoms with Gasteiger partial charge in [0.1, 0.15) is 11.5 Å². The zero-order chi connectivity index (χ0) is 24.8. The van der Waals surface area contributed by atoms with E-state index in [0.29, 0.717) is 38.0 Å². The maximum absolute atomic E-state index is 12.9. The fourth-order valence-corrected chi connectivity index (χ4v) is 4.64. The molecule has 0 bridgehead atoms. The Balaban J connectivity index is 1.13. The number of nitrogens with zero attached hydrogens (tertiary/aromatic N) is 5. The summed E-state index contributed by atoms with van der Waals surface area (Å²) < 4.78 is 38.6. The SMILES string of the molecule is Cc1ccc(N2CCN(CCCC(=O)N3CCC(Nc4ccnc(C(F)(F)F)c4)CC3)CC2)nc1. The van der Waals surface area contributed by atoms with Crippen molar-refractivity contribution in [1.82, 2.24) is 19.8 Å². The Hall–Kier alpha value is -2.88. The lowest BCUT2D eigenvalue weighted by molar-refractivity contribution is -0.141. The quantitative estimate of drug-likeness (QED) is 0.637. The lowest BCUT2D eigenvalue weighted by Crippen LogP contribution is -2.47. The largest absolute Gasteiger partial charge is 0.433 e. The van der Waals surface area contributed by atoms with Gasteiger partial charge in [0.25, 0.3) is 0 Å². The first-order valence-electron chi connectivity index (χ1n) is 12.3. The molecule has 2 aliphatic heterocycles. The molecule has 0 saturated carbocycles. The Labute approximate surface area is 204 Å². The van der Waals surface area contributed by atoms with Crippen molar-refractivity contribution in [3.8, 4) is 0 Å². The van der Waals surface area contributed by atoms with Gasteiger partial charge < -0.3 is 15.1 Å². The number of alkyl halides is 3. The fourth-order valence-electron chi connectivity index (χ4n) is 4.64. The van der Waals surface area contributed by atoms with Crippen LogP contribution in [0, 0.1) is 6.92 Å². The summed E-state index contributed by atoms with van der Waals surface area (Å²) >= 11 is 0. The number of carbonyl (C=O) groups excluding carboxylic acids is 1. The highest BCUT2D eigenvalue weighted by atomic mass is 19.4. The highest BCUT2D eigenvalue weighted by molar-refractivity contribution is 5.76. The van der Waals surface area contributed by atoms with Gasteiger partial charge in [-0.05, 0) is 56.5 Å². The van der Waals surface area contributed by atoms with Gasteiger partial charge in [0, 0.05) is 69.8 Å². The molecule has 35 heavy (non-hydrogen) atoms. The van der Waals surface area contributed by atoms with Gasteiger partial charge in [-0.15, -0.1) is 0 Å². The highest BCUT2D eigenvalue weighted by Crippen LogP contribution is 2.29. The molecule has 0 unspecified atom stereocenters. The van der Waals surface area contributed by atoms with Crippen LogP contribution in [0.5, 0.6) is 0 Å². The Morgan fingerprint density at radius 1 is 1.06 bits per heavy atom. The number of piperidine rings is 1. The average molecular weight is 491 g/mol. The first-order valence-corrected chi connectivity index (χ1v) is 12.3. The molecule has 1 amide bonds. The second kappa shape index (κ2) is 11.2. The molecule has 1 N–H and O–H groups in total. The van der Waals surface area contributed by atoms with Crippen molar-refractivity contribution >= 4 is 17.4 Å². The predicted molar refractivity (Wildman–Crippen MR) is 129 cm³/mol. The molecule has 0 radical (unpaired) electrons. The van der Waals surface area contributed by atoms with Gasteiger partial charge >= 0.3 is 6.18 Å². The molecule has 7 nitrogen and oxygen atoms in total. The van der Waals surface area contributed by atoms with Crippen molar-refractivity contribution < 1.29 is 18.0 Å². The maximum atomic E-state index is 12.9. The number of pyridine rings is 2. The molecule has 2 aliphatic rings. The number of hydrogen-bond acceptors (Lipinski definition) is 6. The van der Waals surface area contributed by atoms with Gasteiger partial charge in [0.2, 0.25) is 5.91 Å². The average Bonchev–Trinajstić information content (AvgIpc) is 2.85. The third-order valence-electron chi connectivity index (χ3n) is 6.73. The zero-order valence-electron chi connectivity index (χ0n) is 20.1. The molecule has 2 aromatic heterocycles. The number of anilines is 2. The fraction of sp³-hybridized carbons (Fsp3) is 0.560. The van der Waals surface area contributed by atoms with Crippen molar-refractivity contribution in [2.75, 3.05) is 56.0 Å². The van der Waals surface area contributed by atoms with E-state index in [2.05, 4.69) is 37.2 Å². The summed E-state index contributed by atoms with van der Waals surface area (Å²) in [4.78, 5) is 27.2. The van der Waals surface area contributed by atoms with Crippen LogP contribution in [0.4, 0.5) is 24.7 Å². The first-order chi connectivity index (χ1) is 16.8. The molecular formula is C25H33F3N6O. The molecule has 0 spiro atoms. The van der Waals surface area contributed by atoms with Crippen molar-refractivity contribution in [3.63, 3.8) is 0 Å². The molecule has 2 saturated heterocycles. The minimum Gasteiger partial charge on any atom is -0.382 e. The number of aromatic nitrogens is 2. The summed E-state index contributed by atoms with van der Waals surface area (Å²) in [6, 6.07) is 6.78. The second-order valence-corrected chi connectivity index (χ2v) is 9.35. The molecule has 190 valence electrons. The van der Waals surface area contributed by atoms with E-state index >= 15 is 0 Å². The topological polar surface area (TPSA) is 64.6 Å². The molecule has 2 fully saturated rings. The Morgan fingerprint density at radius 2 is 1.80 bits per heavy atom. The van der Waals surface area contributed by atoms with Crippen LogP contribution in [-0.4, -0.2) is 77.5 Å². The van der Waals surface area contributed by atoms with E-state index in [1.165, 1.54) is 6.20 Å². The van der Waals surface area contributed by atoms with Crippen LogP contribution in [0.2, 0.25) is 0 Å². The third kappa shape index (κ3) is 7.06. The Kier molecular flexibility index (Phi) is 8.10. The highest BCUT2D eigenvalue weighted by Gasteiger charge is 2.32. The molecule has 0 aromatic carbocycles. The van der Waals surface area contributed by atoms with E-state index in [1.807, 2.05) is 18.0 Å². The zero-order valence-corrected chi connectivity index (χ0v) is 20.1. The minimum absolute atomic E-state index is 0.0434. The normalized spacial score (nSPS) is 18.1. The number of carbonyl (C=O) groups is 1. The molecule has 4 rings (SSSR count). The van der Waals surface area contributed by atoms with E-state index in [4.69, 9.17) is 0 Å². The monoisotopic (exact) mass is 490 g/mol. The molecule has 2 aromatic rings. The number of halogens is 3. The van der Waals surface area contributed by atoms with E-state index in [0.717, 1.165) is 56.6 Å². The number of amides is 1. The molecule has 10 heteroatoms. The summed E-state index contributed by atoms with van der Waals surface area (Å²) in [5.74, 6) is 1.18. The smallest absolute Gasteiger partial charge is 0.382 e. The van der Waals surface area contributed by atoms with Gasteiger partial charge in [0.05, 0.1) is 0 Å². The van der Waals surface area contributed by atoms with Crippen molar-refractivity contribution in [2.24, 2.45) is 0 Å². The summed E-state index contributed by atoms with van der Waals surface area (Å²) in [6.07, 6.45) is 1.39. The van der Waals surface area contributed by atoms with Crippen LogP contribution in [0.15, 0.2) is 36.7 Å². The van der Waals surface area contributed by atoms with Gasteiger partial charge in [-0.25, -0.2) is 4.98 Å². The van der Waals surface area contributed by atoms with Gasteiger partial charge in [-0.3, -0.25) is 14.7 Å². The van der Waals surface area contributed by atoms with Crippen LogP contribution >= 0.6 is 0 Å². The van der Waals surface area contributed by atoms with Crippen molar-refractivity contribution in [1.29, 1.82) is 0 Å². The predicted octanol–water partition coefficient (Wildman–Crippen LogP) is 3.81. The van der Waals surface area contributed by atoms with Crippen LogP contribution in [-0.2, 0) is 11.0 Å². The van der Waals surface area contributed by atoms with Crippen molar-refractivity contribution in [2.45, 2.75) is 44.8 Å². The number of hydrogen-bond donors (Lipinski definition) is 1. The Bertz CT molecular complexity index is 968. The lowest BCUT2D eigenvalue weighted by atomic mass is 10.0. The molecule has 0 aliphatic carbocycles.